The Bertz CT molecular complexity index is 640. The van der Waals surface area contributed by atoms with Gasteiger partial charge in [-0.3, -0.25) is 9.48 Å². The van der Waals surface area contributed by atoms with Crippen LogP contribution in [0.3, 0.4) is 0 Å². The van der Waals surface area contributed by atoms with Crippen molar-refractivity contribution in [2.24, 2.45) is 13.0 Å². The van der Waals surface area contributed by atoms with Crippen LogP contribution < -0.4 is 0 Å². The maximum atomic E-state index is 12.8. The van der Waals surface area contributed by atoms with Crippen molar-refractivity contribution >= 4 is 17.2 Å². The molecule has 118 valence electrons. The number of aliphatic hydroxyl groups is 1. The first-order valence-corrected chi connectivity index (χ1v) is 8.49. The Morgan fingerprint density at radius 2 is 2.18 bits per heavy atom. The van der Waals surface area contributed by atoms with E-state index < -0.39 is 0 Å². The summed E-state index contributed by atoms with van der Waals surface area (Å²) in [6.45, 7) is 3.23. The lowest BCUT2D eigenvalue weighted by Gasteiger charge is -2.33. The van der Waals surface area contributed by atoms with Gasteiger partial charge in [-0.05, 0) is 37.1 Å². The first-order chi connectivity index (χ1) is 10.6. The van der Waals surface area contributed by atoms with Crippen LogP contribution in [-0.2, 0) is 7.05 Å². The Morgan fingerprint density at radius 1 is 1.45 bits per heavy atom. The summed E-state index contributed by atoms with van der Waals surface area (Å²) in [5.74, 6) is 0.343. The number of rotatable bonds is 3. The molecular formula is C16H21N3O2S. The fraction of sp³-hybridized carbons (Fsp3) is 0.500. The SMILES string of the molecule is CC(O)C1CCN(C(=O)c2cn(C)nc2-c2cccs2)CC1. The Labute approximate surface area is 134 Å². The second kappa shape index (κ2) is 6.22. The zero-order chi connectivity index (χ0) is 15.7. The maximum absolute atomic E-state index is 12.8. The van der Waals surface area contributed by atoms with Crippen LogP contribution in [0.4, 0.5) is 0 Å². The second-order valence-electron chi connectivity index (χ2n) is 5.91. The fourth-order valence-corrected chi connectivity index (χ4v) is 3.72. The number of nitrogens with zero attached hydrogens (tertiary/aromatic N) is 3. The molecular weight excluding hydrogens is 298 g/mol. The largest absolute Gasteiger partial charge is 0.393 e. The van der Waals surface area contributed by atoms with Crippen LogP contribution in [0.1, 0.15) is 30.1 Å². The second-order valence-corrected chi connectivity index (χ2v) is 6.86. The molecule has 1 N–H and O–H groups in total. The third-order valence-corrected chi connectivity index (χ3v) is 5.20. The minimum atomic E-state index is -0.294. The van der Waals surface area contributed by atoms with Crippen molar-refractivity contribution in [3.63, 3.8) is 0 Å². The molecule has 1 fully saturated rings. The summed E-state index contributed by atoms with van der Waals surface area (Å²) in [5, 5.41) is 16.1. The molecule has 1 aliphatic heterocycles. The standard InChI is InChI=1S/C16H21N3O2S/c1-11(20)12-5-7-19(8-6-12)16(21)13-10-18(2)17-15(13)14-4-3-9-22-14/h3-4,9-12,20H,5-8H2,1-2H3. The lowest BCUT2D eigenvalue weighted by molar-refractivity contribution is 0.0522. The molecule has 0 saturated carbocycles. The van der Waals surface area contributed by atoms with Crippen LogP contribution >= 0.6 is 11.3 Å². The van der Waals surface area contributed by atoms with Gasteiger partial charge in [-0.1, -0.05) is 6.07 Å². The molecule has 0 aromatic carbocycles. The summed E-state index contributed by atoms with van der Waals surface area (Å²) >= 11 is 1.59. The van der Waals surface area contributed by atoms with Gasteiger partial charge >= 0.3 is 0 Å². The molecule has 0 spiro atoms. The highest BCUT2D eigenvalue weighted by Gasteiger charge is 2.28. The van der Waals surface area contributed by atoms with E-state index in [9.17, 15) is 9.90 Å². The molecule has 1 saturated heterocycles. The smallest absolute Gasteiger partial charge is 0.257 e. The van der Waals surface area contributed by atoms with Crippen molar-refractivity contribution in [3.05, 3.63) is 29.3 Å². The Kier molecular flexibility index (Phi) is 4.31. The molecule has 1 unspecified atom stereocenters. The number of likely N-dealkylation sites (tertiary alicyclic amines) is 1. The van der Waals surface area contributed by atoms with Gasteiger partial charge in [-0.2, -0.15) is 5.10 Å². The number of carbonyl (C=O) groups is 1. The number of aryl methyl sites for hydroxylation is 1. The average molecular weight is 319 g/mol. The first kappa shape index (κ1) is 15.2. The zero-order valence-corrected chi connectivity index (χ0v) is 13.7. The number of amides is 1. The third kappa shape index (κ3) is 2.94. The predicted molar refractivity (Wildman–Crippen MR) is 86.8 cm³/mol. The van der Waals surface area contributed by atoms with E-state index in [1.165, 1.54) is 0 Å². The van der Waals surface area contributed by atoms with Crippen molar-refractivity contribution in [1.82, 2.24) is 14.7 Å². The minimum absolute atomic E-state index is 0.0422. The van der Waals surface area contributed by atoms with Crippen LogP contribution in [-0.4, -0.2) is 44.9 Å². The Hall–Kier alpha value is -1.66. The summed E-state index contributed by atoms with van der Waals surface area (Å²) in [7, 11) is 1.84. The van der Waals surface area contributed by atoms with Crippen molar-refractivity contribution in [1.29, 1.82) is 0 Å². The number of piperidine rings is 1. The molecule has 1 atom stereocenters. The average Bonchev–Trinajstić information content (AvgIpc) is 3.15. The number of carbonyl (C=O) groups excluding carboxylic acids is 1. The lowest BCUT2D eigenvalue weighted by atomic mass is 9.92. The molecule has 0 radical (unpaired) electrons. The van der Waals surface area contributed by atoms with Crippen LogP contribution in [0.25, 0.3) is 10.6 Å². The van der Waals surface area contributed by atoms with Gasteiger partial charge in [0.05, 0.1) is 16.5 Å². The Balaban J connectivity index is 1.79. The highest BCUT2D eigenvalue weighted by atomic mass is 32.1. The van der Waals surface area contributed by atoms with Crippen molar-refractivity contribution in [2.45, 2.75) is 25.9 Å². The number of hydrogen-bond donors (Lipinski definition) is 1. The number of aromatic nitrogens is 2. The fourth-order valence-electron chi connectivity index (χ4n) is 3.00. The quantitative estimate of drug-likeness (QED) is 0.945. The summed E-state index contributed by atoms with van der Waals surface area (Å²) in [4.78, 5) is 15.7. The van der Waals surface area contributed by atoms with Crippen LogP contribution in [0, 0.1) is 5.92 Å². The van der Waals surface area contributed by atoms with Crippen molar-refractivity contribution in [2.75, 3.05) is 13.1 Å². The number of hydrogen-bond acceptors (Lipinski definition) is 4. The molecule has 22 heavy (non-hydrogen) atoms. The van der Waals surface area contributed by atoms with E-state index in [1.54, 1.807) is 22.2 Å². The molecule has 1 amide bonds. The van der Waals surface area contributed by atoms with Gasteiger partial charge in [-0.15, -0.1) is 11.3 Å². The third-order valence-electron chi connectivity index (χ3n) is 4.32. The van der Waals surface area contributed by atoms with E-state index in [0.29, 0.717) is 24.6 Å². The lowest BCUT2D eigenvalue weighted by Crippen LogP contribution is -2.40. The summed E-state index contributed by atoms with van der Waals surface area (Å²) in [6.07, 6.45) is 3.23. The normalized spacial score (nSPS) is 17.7. The molecule has 3 rings (SSSR count). The van der Waals surface area contributed by atoms with E-state index in [2.05, 4.69) is 5.10 Å². The molecule has 2 aromatic heterocycles. The zero-order valence-electron chi connectivity index (χ0n) is 12.9. The van der Waals surface area contributed by atoms with Crippen LogP contribution in [0.5, 0.6) is 0 Å². The highest BCUT2D eigenvalue weighted by Crippen LogP contribution is 2.29. The van der Waals surface area contributed by atoms with E-state index in [-0.39, 0.29) is 12.0 Å². The van der Waals surface area contributed by atoms with Crippen molar-refractivity contribution in [3.8, 4) is 10.6 Å². The van der Waals surface area contributed by atoms with Gasteiger partial charge in [0.25, 0.3) is 5.91 Å². The van der Waals surface area contributed by atoms with Gasteiger partial charge in [-0.25, -0.2) is 0 Å². The predicted octanol–water partition coefficient (Wildman–Crippen LogP) is 2.38. The van der Waals surface area contributed by atoms with E-state index in [4.69, 9.17) is 0 Å². The van der Waals surface area contributed by atoms with Gasteiger partial charge in [0.15, 0.2) is 0 Å². The monoisotopic (exact) mass is 319 g/mol. The molecule has 0 bridgehead atoms. The number of aliphatic hydroxyl groups excluding tert-OH is 1. The van der Waals surface area contributed by atoms with E-state index in [1.807, 2.05) is 36.4 Å². The molecule has 0 aliphatic carbocycles. The van der Waals surface area contributed by atoms with Crippen LogP contribution in [0.2, 0.25) is 0 Å². The molecule has 1 aliphatic rings. The van der Waals surface area contributed by atoms with Crippen LogP contribution in [0.15, 0.2) is 23.7 Å². The molecule has 5 nitrogen and oxygen atoms in total. The van der Waals surface area contributed by atoms with E-state index in [0.717, 1.165) is 23.4 Å². The topological polar surface area (TPSA) is 58.4 Å². The van der Waals surface area contributed by atoms with Crippen molar-refractivity contribution < 1.29 is 9.90 Å². The van der Waals surface area contributed by atoms with Gasteiger partial charge in [0, 0.05) is 26.3 Å². The Morgan fingerprint density at radius 3 is 2.77 bits per heavy atom. The van der Waals surface area contributed by atoms with Gasteiger partial charge in [0.2, 0.25) is 0 Å². The minimum Gasteiger partial charge on any atom is -0.393 e. The highest BCUT2D eigenvalue weighted by molar-refractivity contribution is 7.13. The first-order valence-electron chi connectivity index (χ1n) is 7.61. The summed E-state index contributed by atoms with van der Waals surface area (Å²) < 4.78 is 1.70. The molecule has 2 aromatic rings. The number of thiophene rings is 1. The van der Waals surface area contributed by atoms with Gasteiger partial charge in [0.1, 0.15) is 5.69 Å². The molecule has 3 heterocycles. The molecule has 6 heteroatoms. The van der Waals surface area contributed by atoms with E-state index >= 15 is 0 Å². The summed E-state index contributed by atoms with van der Waals surface area (Å²) in [6, 6.07) is 3.96. The van der Waals surface area contributed by atoms with Gasteiger partial charge < -0.3 is 10.0 Å². The maximum Gasteiger partial charge on any atom is 0.257 e. The summed E-state index contributed by atoms with van der Waals surface area (Å²) in [5.41, 5.74) is 1.43.